The molecule has 1 aliphatic heterocycles. The highest BCUT2D eigenvalue weighted by Gasteiger charge is 2.50. The van der Waals surface area contributed by atoms with Crippen LogP contribution in [0.5, 0.6) is 0 Å². The molecule has 3 aromatic carbocycles. The largest absolute Gasteiger partial charge is 0.313 e. The number of hydrogen-bond donors (Lipinski definition) is 0. The van der Waals surface area contributed by atoms with Gasteiger partial charge < -0.3 is 4.57 Å². The fraction of sp³-hybridized carbons (Fsp3) is 0.130. The molecular formula is C23H20NO3P. The first kappa shape index (κ1) is 18.4. The van der Waals surface area contributed by atoms with Gasteiger partial charge in [-0.25, -0.2) is 4.90 Å². The van der Waals surface area contributed by atoms with Crippen molar-refractivity contribution in [2.75, 3.05) is 4.90 Å². The van der Waals surface area contributed by atoms with Crippen LogP contribution in [0.15, 0.2) is 84.9 Å². The Morgan fingerprint density at radius 3 is 1.93 bits per heavy atom. The number of imide groups is 1. The van der Waals surface area contributed by atoms with Crippen molar-refractivity contribution in [3.63, 3.8) is 0 Å². The predicted molar refractivity (Wildman–Crippen MR) is 112 cm³/mol. The SMILES string of the molecule is Cc1cccc(N2C(=O)CC(P(=O)(c3ccccc3)c3ccccc3)C2=O)c1. The summed E-state index contributed by atoms with van der Waals surface area (Å²) in [4.78, 5) is 27.3. The summed E-state index contributed by atoms with van der Waals surface area (Å²) in [5, 5.41) is 1.19. The molecule has 0 bridgehead atoms. The molecule has 4 rings (SSSR count). The molecule has 0 aromatic heterocycles. The van der Waals surface area contributed by atoms with Crippen LogP contribution in [0.4, 0.5) is 5.69 Å². The van der Waals surface area contributed by atoms with Crippen LogP contribution < -0.4 is 15.5 Å². The molecule has 1 unspecified atom stereocenters. The fourth-order valence-electron chi connectivity index (χ4n) is 3.75. The summed E-state index contributed by atoms with van der Waals surface area (Å²) < 4.78 is 14.4. The molecule has 5 heteroatoms. The zero-order chi connectivity index (χ0) is 19.7. The first-order chi connectivity index (χ1) is 13.5. The number of rotatable bonds is 4. The topological polar surface area (TPSA) is 54.5 Å². The van der Waals surface area contributed by atoms with Crippen LogP contribution in [0.25, 0.3) is 0 Å². The quantitative estimate of drug-likeness (QED) is 0.506. The Labute approximate surface area is 164 Å². The van der Waals surface area contributed by atoms with Gasteiger partial charge >= 0.3 is 0 Å². The standard InChI is InChI=1S/C23H20NO3P/c1-17-9-8-10-18(15-17)24-22(25)16-21(23(24)26)28(27,19-11-4-2-5-12-19)20-13-6-3-7-14-20/h2-15,21H,16H2,1H3. The number of aryl methyl sites for hydroxylation is 1. The van der Waals surface area contributed by atoms with Gasteiger partial charge in [-0.05, 0) is 24.6 Å². The van der Waals surface area contributed by atoms with Crippen molar-refractivity contribution in [2.24, 2.45) is 0 Å². The molecule has 0 saturated carbocycles. The van der Waals surface area contributed by atoms with E-state index in [1.807, 2.05) is 55.5 Å². The fourth-order valence-corrected chi connectivity index (χ4v) is 6.83. The maximum atomic E-state index is 14.4. The average Bonchev–Trinajstić information content (AvgIpc) is 3.03. The lowest BCUT2D eigenvalue weighted by Crippen LogP contribution is -2.35. The van der Waals surface area contributed by atoms with Crippen molar-refractivity contribution in [1.82, 2.24) is 0 Å². The van der Waals surface area contributed by atoms with Crippen LogP contribution in [0.3, 0.4) is 0 Å². The summed E-state index contributed by atoms with van der Waals surface area (Å²) in [6, 6.07) is 25.3. The third-order valence-corrected chi connectivity index (χ3v) is 8.51. The average molecular weight is 389 g/mol. The van der Waals surface area contributed by atoms with Gasteiger partial charge in [0.25, 0.3) is 0 Å². The van der Waals surface area contributed by atoms with Gasteiger partial charge in [-0.1, -0.05) is 72.8 Å². The van der Waals surface area contributed by atoms with E-state index in [0.29, 0.717) is 16.3 Å². The third-order valence-electron chi connectivity index (χ3n) is 5.10. The summed E-state index contributed by atoms with van der Waals surface area (Å²) in [5.41, 5.74) is 0.589. The molecular weight excluding hydrogens is 369 g/mol. The Morgan fingerprint density at radius 1 is 0.821 bits per heavy atom. The highest BCUT2D eigenvalue weighted by molar-refractivity contribution is 7.80. The van der Waals surface area contributed by atoms with Crippen LogP contribution in [-0.2, 0) is 14.2 Å². The molecule has 0 aliphatic carbocycles. The van der Waals surface area contributed by atoms with Gasteiger partial charge in [0.1, 0.15) is 5.66 Å². The van der Waals surface area contributed by atoms with E-state index in [1.165, 1.54) is 4.90 Å². The molecule has 2 amide bonds. The van der Waals surface area contributed by atoms with Gasteiger partial charge in [0.2, 0.25) is 11.8 Å². The predicted octanol–water partition coefficient (Wildman–Crippen LogP) is 3.64. The Balaban J connectivity index is 1.84. The van der Waals surface area contributed by atoms with Crippen molar-refractivity contribution < 1.29 is 14.2 Å². The Bertz CT molecular complexity index is 1040. The lowest BCUT2D eigenvalue weighted by atomic mass is 10.2. The molecule has 1 saturated heterocycles. The Kier molecular flexibility index (Phi) is 4.74. The van der Waals surface area contributed by atoms with E-state index in [1.54, 1.807) is 36.4 Å². The molecule has 0 spiro atoms. The lowest BCUT2D eigenvalue weighted by Gasteiger charge is -2.24. The van der Waals surface area contributed by atoms with Crippen LogP contribution in [-0.4, -0.2) is 17.5 Å². The van der Waals surface area contributed by atoms with Gasteiger partial charge in [-0.3, -0.25) is 9.59 Å². The van der Waals surface area contributed by atoms with Crippen molar-refractivity contribution in [3.05, 3.63) is 90.5 Å². The van der Waals surface area contributed by atoms with Crippen LogP contribution in [0, 0.1) is 6.92 Å². The molecule has 0 radical (unpaired) electrons. The molecule has 140 valence electrons. The number of nitrogens with zero attached hydrogens (tertiary/aromatic N) is 1. The van der Waals surface area contributed by atoms with Gasteiger partial charge in [-0.2, -0.15) is 0 Å². The van der Waals surface area contributed by atoms with Crippen LogP contribution in [0.2, 0.25) is 0 Å². The van der Waals surface area contributed by atoms with E-state index >= 15 is 0 Å². The second-order valence-electron chi connectivity index (χ2n) is 6.96. The molecule has 1 aliphatic rings. The van der Waals surface area contributed by atoms with E-state index in [-0.39, 0.29) is 12.3 Å². The minimum atomic E-state index is -3.35. The molecule has 1 heterocycles. The van der Waals surface area contributed by atoms with Gasteiger partial charge in [0.05, 0.1) is 5.69 Å². The van der Waals surface area contributed by atoms with Crippen molar-refractivity contribution in [2.45, 2.75) is 19.0 Å². The van der Waals surface area contributed by atoms with E-state index in [0.717, 1.165) is 5.56 Å². The van der Waals surface area contributed by atoms with Crippen molar-refractivity contribution in [1.29, 1.82) is 0 Å². The zero-order valence-corrected chi connectivity index (χ0v) is 16.4. The molecule has 3 aromatic rings. The van der Waals surface area contributed by atoms with Crippen LogP contribution >= 0.6 is 7.14 Å². The number of amides is 2. The third kappa shape index (κ3) is 3.00. The van der Waals surface area contributed by atoms with E-state index in [2.05, 4.69) is 0 Å². The summed E-state index contributed by atoms with van der Waals surface area (Å²) in [7, 11) is -3.35. The second kappa shape index (κ2) is 7.21. The first-order valence-corrected chi connectivity index (χ1v) is 10.9. The van der Waals surface area contributed by atoms with Gasteiger partial charge in [-0.15, -0.1) is 0 Å². The van der Waals surface area contributed by atoms with E-state index < -0.39 is 18.7 Å². The smallest absolute Gasteiger partial charge is 0.245 e. The van der Waals surface area contributed by atoms with Crippen LogP contribution in [0.1, 0.15) is 12.0 Å². The number of hydrogen-bond acceptors (Lipinski definition) is 3. The maximum absolute atomic E-state index is 14.4. The first-order valence-electron chi connectivity index (χ1n) is 9.16. The highest BCUT2D eigenvalue weighted by atomic mass is 31.2. The summed E-state index contributed by atoms with van der Waals surface area (Å²) >= 11 is 0. The number of anilines is 1. The molecule has 28 heavy (non-hydrogen) atoms. The van der Waals surface area contributed by atoms with Gasteiger partial charge in [0, 0.05) is 17.0 Å². The molecule has 1 atom stereocenters. The van der Waals surface area contributed by atoms with E-state index in [4.69, 9.17) is 0 Å². The number of benzene rings is 3. The zero-order valence-electron chi connectivity index (χ0n) is 15.5. The van der Waals surface area contributed by atoms with Crippen molar-refractivity contribution >= 4 is 35.3 Å². The highest BCUT2D eigenvalue weighted by Crippen LogP contribution is 2.53. The normalized spacial score (nSPS) is 17.2. The molecule has 1 fully saturated rings. The lowest BCUT2D eigenvalue weighted by molar-refractivity contribution is -0.121. The monoisotopic (exact) mass is 389 g/mol. The summed E-state index contributed by atoms with van der Waals surface area (Å²) in [6.45, 7) is 1.91. The maximum Gasteiger partial charge on any atom is 0.245 e. The molecule has 0 N–H and O–H groups in total. The van der Waals surface area contributed by atoms with E-state index in [9.17, 15) is 14.2 Å². The minimum absolute atomic E-state index is 0.0617. The summed E-state index contributed by atoms with van der Waals surface area (Å²) in [5.74, 6) is -0.709. The summed E-state index contributed by atoms with van der Waals surface area (Å²) in [6.07, 6.45) is -0.0617. The van der Waals surface area contributed by atoms with Gasteiger partial charge in [0.15, 0.2) is 7.14 Å². The minimum Gasteiger partial charge on any atom is -0.313 e. The Morgan fingerprint density at radius 2 is 1.39 bits per heavy atom. The second-order valence-corrected chi connectivity index (χ2v) is 9.93. The number of carbonyl (C=O) groups is 2. The number of carbonyl (C=O) groups excluding carboxylic acids is 2. The van der Waals surface area contributed by atoms with Crippen molar-refractivity contribution in [3.8, 4) is 0 Å². The molecule has 4 nitrogen and oxygen atoms in total. The Hall–Kier alpha value is -2.97.